The Hall–Kier alpha value is -2.70. The van der Waals surface area contributed by atoms with Crippen LogP contribution in [-0.4, -0.2) is 35.7 Å². The standard InChI is InChI=1S/C27H38N2O4/c1-6-19(2)24(23(28)26(31)33-27(3,4)5)29-22(17-20-13-9-7-10-14-20)25(30)32-18-21-15-11-8-12-16-21/h7-16,19,22-24,29H,6,17-18,28H2,1-5H3/t19?,22-,23?,24?/m0/s1. The van der Waals surface area contributed by atoms with Crippen LogP contribution in [0.1, 0.15) is 52.2 Å². The van der Waals surface area contributed by atoms with E-state index < -0.39 is 29.7 Å². The van der Waals surface area contributed by atoms with Crippen LogP contribution in [0.4, 0.5) is 0 Å². The number of hydrogen-bond donors (Lipinski definition) is 2. The molecule has 0 saturated carbocycles. The Morgan fingerprint density at radius 1 is 0.939 bits per heavy atom. The van der Waals surface area contributed by atoms with E-state index in [2.05, 4.69) is 5.32 Å². The molecule has 2 aromatic carbocycles. The number of esters is 2. The van der Waals surface area contributed by atoms with Gasteiger partial charge in [-0.3, -0.25) is 14.9 Å². The average molecular weight is 455 g/mol. The van der Waals surface area contributed by atoms with Crippen LogP contribution in [0.3, 0.4) is 0 Å². The lowest BCUT2D eigenvalue weighted by molar-refractivity contribution is -0.158. The highest BCUT2D eigenvalue weighted by molar-refractivity contribution is 5.78. The van der Waals surface area contributed by atoms with Crippen LogP contribution >= 0.6 is 0 Å². The van der Waals surface area contributed by atoms with Crippen LogP contribution in [0.5, 0.6) is 0 Å². The van der Waals surface area contributed by atoms with Gasteiger partial charge in [-0.1, -0.05) is 80.9 Å². The fourth-order valence-electron chi connectivity index (χ4n) is 3.51. The fraction of sp³-hybridized carbons (Fsp3) is 0.481. The number of carbonyl (C=O) groups is 2. The van der Waals surface area contributed by atoms with Crippen molar-refractivity contribution in [3.63, 3.8) is 0 Å². The van der Waals surface area contributed by atoms with Crippen LogP contribution in [-0.2, 0) is 32.1 Å². The minimum Gasteiger partial charge on any atom is -0.460 e. The lowest BCUT2D eigenvalue weighted by Gasteiger charge is -2.33. The first kappa shape index (κ1) is 26.6. The van der Waals surface area contributed by atoms with E-state index in [0.717, 1.165) is 17.5 Å². The quantitative estimate of drug-likeness (QED) is 0.499. The molecule has 0 radical (unpaired) electrons. The summed E-state index contributed by atoms with van der Waals surface area (Å²) < 4.78 is 11.2. The van der Waals surface area contributed by atoms with Crippen molar-refractivity contribution in [2.24, 2.45) is 11.7 Å². The van der Waals surface area contributed by atoms with Crippen LogP contribution in [0.2, 0.25) is 0 Å². The monoisotopic (exact) mass is 454 g/mol. The summed E-state index contributed by atoms with van der Waals surface area (Å²) in [7, 11) is 0. The summed E-state index contributed by atoms with van der Waals surface area (Å²) in [4.78, 5) is 25.9. The number of nitrogens with two attached hydrogens (primary N) is 1. The Kier molecular flexibility index (Phi) is 10.1. The number of hydrogen-bond acceptors (Lipinski definition) is 6. The SMILES string of the molecule is CCC(C)C(N[C@@H](Cc1ccccc1)C(=O)OCc1ccccc1)C(N)C(=O)OC(C)(C)C. The molecule has 3 N–H and O–H groups in total. The maximum Gasteiger partial charge on any atom is 0.325 e. The molecule has 0 saturated heterocycles. The van der Waals surface area contributed by atoms with Crippen LogP contribution in [0.25, 0.3) is 0 Å². The maximum absolute atomic E-state index is 13.1. The van der Waals surface area contributed by atoms with Crippen molar-refractivity contribution < 1.29 is 19.1 Å². The zero-order chi connectivity index (χ0) is 24.4. The maximum atomic E-state index is 13.1. The summed E-state index contributed by atoms with van der Waals surface area (Å²) in [6.07, 6.45) is 1.20. The first-order valence-corrected chi connectivity index (χ1v) is 11.6. The molecule has 0 aliphatic heterocycles. The van der Waals surface area contributed by atoms with Gasteiger partial charge in [0.05, 0.1) is 0 Å². The Labute approximate surface area is 197 Å². The molecular weight excluding hydrogens is 416 g/mol. The van der Waals surface area contributed by atoms with E-state index in [-0.39, 0.29) is 18.5 Å². The number of benzene rings is 2. The molecule has 33 heavy (non-hydrogen) atoms. The number of rotatable bonds is 11. The predicted molar refractivity (Wildman–Crippen MR) is 130 cm³/mol. The van der Waals surface area contributed by atoms with Crippen molar-refractivity contribution in [2.75, 3.05) is 0 Å². The summed E-state index contributed by atoms with van der Waals surface area (Å²) >= 11 is 0. The van der Waals surface area contributed by atoms with E-state index in [4.69, 9.17) is 15.2 Å². The highest BCUT2D eigenvalue weighted by Crippen LogP contribution is 2.17. The van der Waals surface area contributed by atoms with Gasteiger partial charge >= 0.3 is 11.9 Å². The van der Waals surface area contributed by atoms with Gasteiger partial charge in [-0.05, 0) is 44.2 Å². The normalized spacial score (nSPS) is 15.2. The highest BCUT2D eigenvalue weighted by atomic mass is 16.6. The lowest BCUT2D eigenvalue weighted by atomic mass is 9.91. The van der Waals surface area contributed by atoms with Crippen molar-refractivity contribution in [3.8, 4) is 0 Å². The molecule has 0 aliphatic carbocycles. The summed E-state index contributed by atoms with van der Waals surface area (Å²) in [6.45, 7) is 9.64. The van der Waals surface area contributed by atoms with Gasteiger partial charge in [0.25, 0.3) is 0 Å². The number of carbonyl (C=O) groups excluding carboxylic acids is 2. The minimum atomic E-state index is -0.917. The topological polar surface area (TPSA) is 90.6 Å². The summed E-state index contributed by atoms with van der Waals surface area (Å²) in [5.74, 6) is -0.837. The van der Waals surface area contributed by atoms with Gasteiger partial charge in [0.2, 0.25) is 0 Å². The van der Waals surface area contributed by atoms with E-state index in [0.29, 0.717) is 6.42 Å². The Morgan fingerprint density at radius 2 is 1.48 bits per heavy atom. The van der Waals surface area contributed by atoms with Gasteiger partial charge in [-0.15, -0.1) is 0 Å². The van der Waals surface area contributed by atoms with Crippen LogP contribution < -0.4 is 11.1 Å². The molecule has 2 aromatic rings. The zero-order valence-corrected chi connectivity index (χ0v) is 20.4. The van der Waals surface area contributed by atoms with E-state index >= 15 is 0 Å². The van der Waals surface area contributed by atoms with Gasteiger partial charge in [0, 0.05) is 6.04 Å². The molecule has 0 aromatic heterocycles. The lowest BCUT2D eigenvalue weighted by Crippen LogP contribution is -2.59. The number of ether oxygens (including phenoxy) is 2. The molecule has 0 spiro atoms. The van der Waals surface area contributed by atoms with Gasteiger partial charge < -0.3 is 15.2 Å². The smallest absolute Gasteiger partial charge is 0.325 e. The predicted octanol–water partition coefficient (Wildman–Crippen LogP) is 4.01. The van der Waals surface area contributed by atoms with Crippen molar-refractivity contribution in [1.82, 2.24) is 5.32 Å². The molecule has 3 unspecified atom stereocenters. The largest absolute Gasteiger partial charge is 0.460 e. The fourth-order valence-corrected chi connectivity index (χ4v) is 3.51. The third-order valence-electron chi connectivity index (χ3n) is 5.51. The van der Waals surface area contributed by atoms with Gasteiger partial charge in [-0.25, -0.2) is 0 Å². The molecule has 2 rings (SSSR count). The van der Waals surface area contributed by atoms with Crippen LogP contribution in [0, 0.1) is 5.92 Å². The van der Waals surface area contributed by atoms with Gasteiger partial charge in [-0.2, -0.15) is 0 Å². The van der Waals surface area contributed by atoms with Crippen molar-refractivity contribution in [3.05, 3.63) is 71.8 Å². The zero-order valence-electron chi connectivity index (χ0n) is 20.4. The second-order valence-corrected chi connectivity index (χ2v) is 9.47. The molecule has 4 atom stereocenters. The molecule has 0 heterocycles. The first-order valence-electron chi connectivity index (χ1n) is 11.6. The van der Waals surface area contributed by atoms with Crippen molar-refractivity contribution >= 4 is 11.9 Å². The first-order chi connectivity index (χ1) is 15.6. The third-order valence-corrected chi connectivity index (χ3v) is 5.51. The van der Waals surface area contributed by atoms with Gasteiger partial charge in [0.15, 0.2) is 0 Å². The molecule has 6 nitrogen and oxygen atoms in total. The van der Waals surface area contributed by atoms with E-state index in [1.54, 1.807) is 0 Å². The summed E-state index contributed by atoms with van der Waals surface area (Å²) in [6, 6.07) is 17.2. The molecule has 0 aliphatic rings. The molecule has 0 bridgehead atoms. The molecule has 0 fully saturated rings. The van der Waals surface area contributed by atoms with Crippen LogP contribution in [0.15, 0.2) is 60.7 Å². The van der Waals surface area contributed by atoms with E-state index in [1.807, 2.05) is 95.3 Å². The minimum absolute atomic E-state index is 0.0349. The van der Waals surface area contributed by atoms with E-state index in [1.165, 1.54) is 0 Å². The molecule has 0 amide bonds. The van der Waals surface area contributed by atoms with Gasteiger partial charge in [0.1, 0.15) is 24.3 Å². The Balaban J connectivity index is 2.22. The Bertz CT molecular complexity index is 865. The van der Waals surface area contributed by atoms with Crippen molar-refractivity contribution in [1.29, 1.82) is 0 Å². The number of nitrogens with one attached hydrogen (secondary N) is 1. The summed E-state index contributed by atoms with van der Waals surface area (Å²) in [5.41, 5.74) is 7.61. The second kappa shape index (κ2) is 12.5. The van der Waals surface area contributed by atoms with Crippen molar-refractivity contribution in [2.45, 2.75) is 77.8 Å². The second-order valence-electron chi connectivity index (χ2n) is 9.47. The Morgan fingerprint density at radius 3 is 2.00 bits per heavy atom. The van der Waals surface area contributed by atoms with E-state index in [9.17, 15) is 9.59 Å². The highest BCUT2D eigenvalue weighted by Gasteiger charge is 2.35. The summed E-state index contributed by atoms with van der Waals surface area (Å²) in [5, 5.41) is 3.36. The molecular formula is C27H38N2O4. The average Bonchev–Trinajstić information content (AvgIpc) is 2.79. The molecule has 180 valence electrons. The molecule has 6 heteroatoms. The third kappa shape index (κ3) is 8.98.